The largest absolute Gasteiger partial charge is 0.339 e. The summed E-state index contributed by atoms with van der Waals surface area (Å²) < 4.78 is 0. The molecule has 114 valence electrons. The van der Waals surface area contributed by atoms with Crippen LogP contribution in [-0.4, -0.2) is 5.84 Å². The van der Waals surface area contributed by atoms with Crippen LogP contribution >= 0.6 is 0 Å². The van der Waals surface area contributed by atoms with Gasteiger partial charge in [-0.2, -0.15) is 0 Å². The molecule has 0 aromatic heterocycles. The normalized spacial score (nSPS) is 11.3. The summed E-state index contributed by atoms with van der Waals surface area (Å²) in [4.78, 5) is 4.87. The van der Waals surface area contributed by atoms with Gasteiger partial charge >= 0.3 is 0 Å². The molecule has 0 heterocycles. The van der Waals surface area contributed by atoms with Gasteiger partial charge in [0, 0.05) is 11.3 Å². The number of hydrogen-bond acceptors (Lipinski definition) is 1. The van der Waals surface area contributed by atoms with Gasteiger partial charge in [0.05, 0.1) is 5.69 Å². The monoisotopic (exact) mass is 300 g/mol. The van der Waals surface area contributed by atoms with E-state index in [4.69, 9.17) is 4.99 Å². The zero-order valence-corrected chi connectivity index (χ0v) is 13.5. The fourth-order valence-electron chi connectivity index (χ4n) is 2.41. The summed E-state index contributed by atoms with van der Waals surface area (Å²) in [5, 5.41) is 3.49. The van der Waals surface area contributed by atoms with Crippen LogP contribution in [0.4, 0.5) is 11.4 Å². The van der Waals surface area contributed by atoms with E-state index in [2.05, 4.69) is 49.5 Å². The molecule has 1 N–H and O–H groups in total. The SMILES string of the molecule is Cc1ccccc1N=C(Nc1ccccc1C)c1ccccc1. The maximum atomic E-state index is 4.87. The number of para-hydroxylation sites is 2. The zero-order chi connectivity index (χ0) is 16.1. The van der Waals surface area contributed by atoms with Crippen molar-refractivity contribution in [3.63, 3.8) is 0 Å². The smallest absolute Gasteiger partial charge is 0.138 e. The van der Waals surface area contributed by atoms with Crippen LogP contribution in [0.15, 0.2) is 83.9 Å². The summed E-state index contributed by atoms with van der Waals surface area (Å²) in [7, 11) is 0. The molecular weight excluding hydrogens is 280 g/mol. The summed E-state index contributed by atoms with van der Waals surface area (Å²) in [6.07, 6.45) is 0. The highest BCUT2D eigenvalue weighted by Gasteiger charge is 2.06. The maximum absolute atomic E-state index is 4.87. The van der Waals surface area contributed by atoms with Gasteiger partial charge in [-0.15, -0.1) is 0 Å². The van der Waals surface area contributed by atoms with Crippen LogP contribution in [0.1, 0.15) is 16.7 Å². The molecule has 0 amide bonds. The molecule has 3 aromatic carbocycles. The molecule has 0 unspecified atom stereocenters. The van der Waals surface area contributed by atoms with Gasteiger partial charge in [-0.05, 0) is 37.1 Å². The molecule has 0 aliphatic carbocycles. The van der Waals surface area contributed by atoms with Gasteiger partial charge in [0.15, 0.2) is 0 Å². The molecule has 23 heavy (non-hydrogen) atoms. The van der Waals surface area contributed by atoms with E-state index in [1.807, 2.05) is 48.5 Å². The van der Waals surface area contributed by atoms with Gasteiger partial charge in [-0.1, -0.05) is 66.7 Å². The van der Waals surface area contributed by atoms with Crippen molar-refractivity contribution < 1.29 is 0 Å². The van der Waals surface area contributed by atoms with Gasteiger partial charge < -0.3 is 5.32 Å². The number of nitrogens with zero attached hydrogens (tertiary/aromatic N) is 1. The van der Waals surface area contributed by atoms with Crippen LogP contribution < -0.4 is 5.32 Å². The Hall–Kier alpha value is -2.87. The molecule has 2 heteroatoms. The number of aliphatic imine (C=N–C) groups is 1. The number of amidine groups is 1. The second kappa shape index (κ2) is 6.93. The maximum Gasteiger partial charge on any atom is 0.138 e. The van der Waals surface area contributed by atoms with Gasteiger partial charge in [0.1, 0.15) is 5.84 Å². The van der Waals surface area contributed by atoms with E-state index < -0.39 is 0 Å². The van der Waals surface area contributed by atoms with Crippen molar-refractivity contribution >= 4 is 17.2 Å². The second-order valence-electron chi connectivity index (χ2n) is 5.55. The zero-order valence-electron chi connectivity index (χ0n) is 13.5. The highest BCUT2D eigenvalue weighted by Crippen LogP contribution is 2.21. The van der Waals surface area contributed by atoms with Gasteiger partial charge in [-0.3, -0.25) is 0 Å². The third-order valence-corrected chi connectivity index (χ3v) is 3.79. The molecule has 0 aliphatic heterocycles. The second-order valence-corrected chi connectivity index (χ2v) is 5.55. The van der Waals surface area contributed by atoms with Crippen molar-refractivity contribution in [2.45, 2.75) is 13.8 Å². The number of anilines is 1. The molecule has 0 saturated carbocycles. The van der Waals surface area contributed by atoms with Crippen LogP contribution in [0.2, 0.25) is 0 Å². The predicted octanol–water partition coefficient (Wildman–Crippen LogP) is 5.49. The summed E-state index contributed by atoms with van der Waals surface area (Å²) in [5.41, 5.74) is 5.48. The van der Waals surface area contributed by atoms with Crippen LogP contribution in [-0.2, 0) is 0 Å². The lowest BCUT2D eigenvalue weighted by molar-refractivity contribution is 1.37. The lowest BCUT2D eigenvalue weighted by Crippen LogP contribution is -2.14. The molecule has 0 spiro atoms. The number of hydrogen-bond donors (Lipinski definition) is 1. The van der Waals surface area contributed by atoms with E-state index in [9.17, 15) is 0 Å². The molecule has 3 aromatic rings. The summed E-state index contributed by atoms with van der Waals surface area (Å²) >= 11 is 0. The first kappa shape index (κ1) is 15.0. The van der Waals surface area contributed by atoms with Crippen molar-refractivity contribution in [1.82, 2.24) is 0 Å². The Labute approximate surface area is 137 Å². The van der Waals surface area contributed by atoms with Gasteiger partial charge in [0.2, 0.25) is 0 Å². The summed E-state index contributed by atoms with van der Waals surface area (Å²) in [5.74, 6) is 0.856. The number of aryl methyl sites for hydroxylation is 2. The molecular formula is C21H20N2. The fraction of sp³-hybridized carbons (Fsp3) is 0.0952. The Balaban J connectivity index is 2.05. The average Bonchev–Trinajstić information content (AvgIpc) is 2.59. The molecule has 2 nitrogen and oxygen atoms in total. The van der Waals surface area contributed by atoms with Crippen LogP contribution in [0.3, 0.4) is 0 Å². The Morgan fingerprint density at radius 2 is 1.30 bits per heavy atom. The van der Waals surface area contributed by atoms with Crippen LogP contribution in [0, 0.1) is 13.8 Å². The van der Waals surface area contributed by atoms with E-state index in [1.165, 1.54) is 5.56 Å². The first-order valence-electron chi connectivity index (χ1n) is 7.76. The molecule has 0 radical (unpaired) electrons. The molecule has 0 atom stereocenters. The Morgan fingerprint density at radius 1 is 0.696 bits per heavy atom. The topological polar surface area (TPSA) is 24.4 Å². The third-order valence-electron chi connectivity index (χ3n) is 3.79. The fourth-order valence-corrected chi connectivity index (χ4v) is 2.41. The minimum absolute atomic E-state index is 0.856. The van der Waals surface area contributed by atoms with E-state index >= 15 is 0 Å². The quantitative estimate of drug-likeness (QED) is 0.501. The van der Waals surface area contributed by atoms with Crippen LogP contribution in [0.5, 0.6) is 0 Å². The van der Waals surface area contributed by atoms with Gasteiger partial charge in [0.25, 0.3) is 0 Å². The lowest BCUT2D eigenvalue weighted by Gasteiger charge is -2.13. The molecule has 0 saturated heterocycles. The van der Waals surface area contributed by atoms with Crippen molar-refractivity contribution in [2.24, 2.45) is 4.99 Å². The lowest BCUT2D eigenvalue weighted by atomic mass is 10.1. The predicted molar refractivity (Wildman–Crippen MR) is 98.6 cm³/mol. The van der Waals surface area contributed by atoms with Crippen molar-refractivity contribution in [3.8, 4) is 0 Å². The van der Waals surface area contributed by atoms with Crippen LogP contribution in [0.25, 0.3) is 0 Å². The van der Waals surface area contributed by atoms with Crippen molar-refractivity contribution in [3.05, 3.63) is 95.6 Å². The molecule has 3 rings (SSSR count). The summed E-state index contributed by atoms with van der Waals surface area (Å²) in [6.45, 7) is 4.17. The Bertz CT molecular complexity index is 820. The minimum atomic E-state index is 0.856. The van der Waals surface area contributed by atoms with E-state index in [-0.39, 0.29) is 0 Å². The van der Waals surface area contributed by atoms with E-state index in [0.29, 0.717) is 0 Å². The Morgan fingerprint density at radius 3 is 2.00 bits per heavy atom. The highest BCUT2D eigenvalue weighted by atomic mass is 15.0. The number of nitrogens with one attached hydrogen (secondary N) is 1. The average molecular weight is 300 g/mol. The highest BCUT2D eigenvalue weighted by molar-refractivity contribution is 6.09. The minimum Gasteiger partial charge on any atom is -0.339 e. The van der Waals surface area contributed by atoms with E-state index in [1.54, 1.807) is 0 Å². The first-order chi connectivity index (χ1) is 11.2. The molecule has 0 fully saturated rings. The third kappa shape index (κ3) is 3.67. The molecule has 0 bridgehead atoms. The standard InChI is InChI=1S/C21H20N2/c1-16-10-6-8-14-19(16)22-21(18-12-4-3-5-13-18)23-20-15-9-7-11-17(20)2/h3-15H,1-2H3,(H,22,23). The van der Waals surface area contributed by atoms with Crippen molar-refractivity contribution in [1.29, 1.82) is 0 Å². The summed E-state index contributed by atoms with van der Waals surface area (Å²) in [6, 6.07) is 26.6. The van der Waals surface area contributed by atoms with Crippen molar-refractivity contribution in [2.75, 3.05) is 5.32 Å². The number of benzene rings is 3. The van der Waals surface area contributed by atoms with Gasteiger partial charge in [-0.25, -0.2) is 4.99 Å². The van der Waals surface area contributed by atoms with E-state index in [0.717, 1.165) is 28.3 Å². The first-order valence-corrected chi connectivity index (χ1v) is 7.76. The molecule has 0 aliphatic rings. The number of rotatable bonds is 3. The Kier molecular flexibility index (Phi) is 4.53.